The third kappa shape index (κ3) is 1.99. The number of nitrogens with one attached hydrogen (secondary N) is 1. The molecule has 98 valence electrons. The van der Waals surface area contributed by atoms with Crippen LogP contribution in [0.2, 0.25) is 5.02 Å². The highest BCUT2D eigenvalue weighted by atomic mass is 35.5. The van der Waals surface area contributed by atoms with Crippen molar-refractivity contribution in [1.29, 1.82) is 0 Å². The van der Waals surface area contributed by atoms with E-state index in [1.54, 1.807) is 11.8 Å². The van der Waals surface area contributed by atoms with Gasteiger partial charge in [-0.15, -0.1) is 10.2 Å². The van der Waals surface area contributed by atoms with Gasteiger partial charge in [0.05, 0.1) is 0 Å². The van der Waals surface area contributed by atoms with E-state index >= 15 is 0 Å². The molecule has 2 heterocycles. The van der Waals surface area contributed by atoms with Gasteiger partial charge in [0.2, 0.25) is 5.82 Å². The number of hydrogen-bond donors (Lipinski definition) is 1. The van der Waals surface area contributed by atoms with Gasteiger partial charge in [0.25, 0.3) is 0 Å². The van der Waals surface area contributed by atoms with E-state index in [1.807, 2.05) is 18.2 Å². The summed E-state index contributed by atoms with van der Waals surface area (Å²) >= 11 is 7.82. The third-order valence-corrected chi connectivity index (χ3v) is 4.75. The highest BCUT2D eigenvalue weighted by molar-refractivity contribution is 7.99. The average molecular weight is 301 g/mol. The summed E-state index contributed by atoms with van der Waals surface area (Å²) in [5.74, 6) is 0.621. The number of aromatic nitrogens is 4. The molecule has 0 fully saturated rings. The van der Waals surface area contributed by atoms with E-state index in [2.05, 4.69) is 38.8 Å². The maximum Gasteiger partial charge on any atom is 0.204 e. The van der Waals surface area contributed by atoms with Gasteiger partial charge in [-0.3, -0.25) is 0 Å². The van der Waals surface area contributed by atoms with Crippen molar-refractivity contribution in [2.75, 3.05) is 0 Å². The summed E-state index contributed by atoms with van der Waals surface area (Å²) in [4.78, 5) is 2.49. The zero-order chi connectivity index (χ0) is 13.5. The molecule has 2 aromatic carbocycles. The summed E-state index contributed by atoms with van der Waals surface area (Å²) in [6.07, 6.45) is 0.907. The second-order valence-electron chi connectivity index (χ2n) is 4.59. The van der Waals surface area contributed by atoms with Crippen molar-refractivity contribution in [3.8, 4) is 11.4 Å². The van der Waals surface area contributed by atoms with Gasteiger partial charge in [-0.1, -0.05) is 35.5 Å². The van der Waals surface area contributed by atoms with Crippen LogP contribution in [0.4, 0.5) is 0 Å². The van der Waals surface area contributed by atoms with E-state index in [0.29, 0.717) is 5.82 Å². The molecule has 1 N–H and O–H groups in total. The van der Waals surface area contributed by atoms with E-state index < -0.39 is 0 Å². The molecule has 4 rings (SSSR count). The summed E-state index contributed by atoms with van der Waals surface area (Å²) < 4.78 is 0. The van der Waals surface area contributed by atoms with Crippen molar-refractivity contribution in [2.45, 2.75) is 16.2 Å². The second kappa shape index (κ2) is 4.61. The number of halogens is 1. The number of H-pyrrole nitrogens is 1. The number of hydrogen-bond acceptors (Lipinski definition) is 4. The predicted octanol–water partition coefficient (Wildman–Crippen LogP) is 3.58. The normalized spacial score (nSPS) is 12.8. The van der Waals surface area contributed by atoms with Crippen LogP contribution in [-0.4, -0.2) is 20.6 Å². The van der Waals surface area contributed by atoms with Crippen LogP contribution in [0.1, 0.15) is 11.1 Å². The lowest BCUT2D eigenvalue weighted by atomic mass is 10.0. The Balaban J connectivity index is 1.77. The largest absolute Gasteiger partial charge is 0.204 e. The standard InChI is InChI=1S/C14H9ClN4S/c15-11-3-4-12-10(6-11)5-8-1-2-9(7-13(8)20-12)14-16-18-19-17-14/h1-4,6-7H,5H2,(H,16,17,18,19). The van der Waals surface area contributed by atoms with Crippen LogP contribution >= 0.6 is 23.4 Å². The molecule has 1 aliphatic rings. The fourth-order valence-corrected chi connectivity index (χ4v) is 3.62. The van der Waals surface area contributed by atoms with Crippen LogP contribution in [0, 0.1) is 0 Å². The number of rotatable bonds is 1. The third-order valence-electron chi connectivity index (χ3n) is 3.29. The van der Waals surface area contributed by atoms with Crippen LogP contribution in [0.5, 0.6) is 0 Å². The summed E-state index contributed by atoms with van der Waals surface area (Å²) in [6, 6.07) is 12.3. The topological polar surface area (TPSA) is 54.5 Å². The molecule has 0 amide bonds. The van der Waals surface area contributed by atoms with Gasteiger partial charge in [0, 0.05) is 20.4 Å². The smallest absolute Gasteiger partial charge is 0.177 e. The van der Waals surface area contributed by atoms with E-state index in [0.717, 1.165) is 17.0 Å². The average Bonchev–Trinajstić information content (AvgIpc) is 2.98. The van der Waals surface area contributed by atoms with Crippen molar-refractivity contribution in [1.82, 2.24) is 20.6 Å². The van der Waals surface area contributed by atoms with Gasteiger partial charge in [-0.25, -0.2) is 0 Å². The molecule has 1 aromatic heterocycles. The molecule has 0 saturated carbocycles. The zero-order valence-corrected chi connectivity index (χ0v) is 11.9. The summed E-state index contributed by atoms with van der Waals surface area (Å²) in [7, 11) is 0. The molecule has 0 unspecified atom stereocenters. The van der Waals surface area contributed by atoms with Crippen molar-refractivity contribution in [3.63, 3.8) is 0 Å². The molecular weight excluding hydrogens is 292 g/mol. The Bertz CT molecular complexity index is 786. The maximum atomic E-state index is 6.06. The fraction of sp³-hybridized carbons (Fsp3) is 0.0714. The Kier molecular flexibility index (Phi) is 2.75. The van der Waals surface area contributed by atoms with Crippen molar-refractivity contribution < 1.29 is 0 Å². The molecule has 0 aliphatic carbocycles. The Morgan fingerprint density at radius 1 is 1.05 bits per heavy atom. The lowest BCUT2D eigenvalue weighted by molar-refractivity contribution is 0.881. The first-order valence-corrected chi connectivity index (χ1v) is 7.32. The molecule has 0 saturated heterocycles. The highest BCUT2D eigenvalue weighted by Gasteiger charge is 2.17. The fourth-order valence-electron chi connectivity index (χ4n) is 2.33. The molecule has 0 radical (unpaired) electrons. The van der Waals surface area contributed by atoms with Gasteiger partial charge < -0.3 is 0 Å². The van der Waals surface area contributed by atoms with Crippen LogP contribution in [0.25, 0.3) is 11.4 Å². The highest BCUT2D eigenvalue weighted by Crippen LogP contribution is 2.41. The van der Waals surface area contributed by atoms with Gasteiger partial charge in [-0.2, -0.15) is 5.21 Å². The SMILES string of the molecule is Clc1ccc2c(c1)Cc1ccc(-c3nn[nH]n3)cc1S2. The first-order chi connectivity index (χ1) is 9.79. The molecule has 20 heavy (non-hydrogen) atoms. The molecule has 4 nitrogen and oxygen atoms in total. The summed E-state index contributed by atoms with van der Waals surface area (Å²) in [5.41, 5.74) is 3.56. The lowest BCUT2D eigenvalue weighted by Crippen LogP contribution is -2.00. The molecule has 0 spiro atoms. The first kappa shape index (κ1) is 11.9. The van der Waals surface area contributed by atoms with Crippen LogP contribution in [0.3, 0.4) is 0 Å². The quantitative estimate of drug-likeness (QED) is 0.584. The van der Waals surface area contributed by atoms with Crippen LogP contribution < -0.4 is 0 Å². The van der Waals surface area contributed by atoms with E-state index in [-0.39, 0.29) is 0 Å². The van der Waals surface area contributed by atoms with Gasteiger partial charge in [-0.05, 0) is 47.0 Å². The minimum Gasteiger partial charge on any atom is -0.177 e. The Labute approximate surface area is 124 Å². The molecule has 6 heteroatoms. The maximum absolute atomic E-state index is 6.06. The number of aromatic amines is 1. The molecule has 0 bridgehead atoms. The number of tetrazole rings is 1. The van der Waals surface area contributed by atoms with Crippen molar-refractivity contribution in [2.24, 2.45) is 0 Å². The van der Waals surface area contributed by atoms with E-state index in [1.165, 1.54) is 20.9 Å². The Hall–Kier alpha value is -1.85. The zero-order valence-electron chi connectivity index (χ0n) is 10.3. The second-order valence-corrected chi connectivity index (χ2v) is 6.11. The summed E-state index contributed by atoms with van der Waals surface area (Å²) in [5, 5.41) is 14.9. The van der Waals surface area contributed by atoms with Crippen LogP contribution in [0.15, 0.2) is 46.2 Å². The minimum absolute atomic E-state index is 0.621. The van der Waals surface area contributed by atoms with Gasteiger partial charge >= 0.3 is 0 Å². The lowest BCUT2D eigenvalue weighted by Gasteiger charge is -2.19. The molecule has 1 aliphatic heterocycles. The molecule has 3 aromatic rings. The monoisotopic (exact) mass is 300 g/mol. The first-order valence-electron chi connectivity index (χ1n) is 6.12. The van der Waals surface area contributed by atoms with Crippen molar-refractivity contribution in [3.05, 3.63) is 52.5 Å². The molecule has 0 atom stereocenters. The number of benzene rings is 2. The van der Waals surface area contributed by atoms with Gasteiger partial charge in [0.15, 0.2) is 0 Å². The van der Waals surface area contributed by atoms with Crippen LogP contribution in [-0.2, 0) is 6.42 Å². The van der Waals surface area contributed by atoms with E-state index in [4.69, 9.17) is 11.6 Å². The van der Waals surface area contributed by atoms with Gasteiger partial charge in [0.1, 0.15) is 0 Å². The minimum atomic E-state index is 0.621. The number of nitrogens with zero attached hydrogens (tertiary/aromatic N) is 3. The molecular formula is C14H9ClN4S. The predicted molar refractivity (Wildman–Crippen MR) is 78.0 cm³/mol. The number of fused-ring (bicyclic) bond motifs is 2. The summed E-state index contributed by atoms with van der Waals surface area (Å²) in [6.45, 7) is 0. The Morgan fingerprint density at radius 3 is 2.85 bits per heavy atom. The Morgan fingerprint density at radius 2 is 2.00 bits per heavy atom. The van der Waals surface area contributed by atoms with Crippen molar-refractivity contribution >= 4 is 23.4 Å². The van der Waals surface area contributed by atoms with E-state index in [9.17, 15) is 0 Å².